The van der Waals surface area contributed by atoms with E-state index in [2.05, 4.69) is 105 Å². The quantitative estimate of drug-likeness (QED) is 0.0560. The second kappa shape index (κ2) is 15.4. The van der Waals surface area contributed by atoms with E-state index in [-0.39, 0.29) is 5.97 Å². The number of rotatable bonds is 20. The fraction of sp³-hybridized carbons (Fsp3) is 0.889. The summed E-state index contributed by atoms with van der Waals surface area (Å²) in [6.07, 6.45) is 1.93. The molecule has 0 rings (SSSR count). The Morgan fingerprint density at radius 2 is 0.846 bits per heavy atom. The SMILES string of the molecule is C=CC(=O)OCCC[Si](O[Si](C)(C)CC[Si](C)(C)C)(O[Si](C)(C)CC[Si](C)(C)C)O[Si](C)(C)CC[Si](C)(C)C. The van der Waals surface area contributed by atoms with Crippen molar-refractivity contribution in [3.63, 3.8) is 0 Å². The molecule has 0 fully saturated rings. The van der Waals surface area contributed by atoms with E-state index >= 15 is 0 Å². The van der Waals surface area contributed by atoms with E-state index in [0.29, 0.717) is 19.1 Å². The van der Waals surface area contributed by atoms with Crippen LogP contribution in [-0.2, 0) is 21.9 Å². The standard InChI is InChI=1S/C27H66O5Si7/c1-17-27(28)29-19-18-20-39(30-36(11,12)24-21-33(2,3)4,31-37(13,14)25-22-34(5,6)7)32-38(15,16)26-23-35(8,9)10/h17H,1,18-26H2,2-16H3. The average molecular weight is 667 g/mol. The van der Waals surface area contributed by atoms with Gasteiger partial charge in [-0.05, 0) is 63.8 Å². The maximum absolute atomic E-state index is 11.8. The van der Waals surface area contributed by atoms with Crippen molar-refractivity contribution in [2.75, 3.05) is 6.61 Å². The second-order valence-electron chi connectivity index (χ2n) is 16.9. The largest absolute Gasteiger partial charge is 0.469 e. The minimum Gasteiger partial charge on any atom is -0.463 e. The predicted molar refractivity (Wildman–Crippen MR) is 191 cm³/mol. The average Bonchev–Trinajstić information content (AvgIpc) is 2.70. The Bertz CT molecular complexity index is 687. The molecule has 0 bridgehead atoms. The third kappa shape index (κ3) is 21.0. The summed E-state index contributed by atoms with van der Waals surface area (Å²) in [4.78, 5) is 11.8. The van der Waals surface area contributed by atoms with Crippen LogP contribution in [0.3, 0.4) is 0 Å². The lowest BCUT2D eigenvalue weighted by Crippen LogP contribution is -2.62. The summed E-state index contributed by atoms with van der Waals surface area (Å²) in [6, 6.07) is 7.94. The van der Waals surface area contributed by atoms with Gasteiger partial charge in [0.1, 0.15) is 0 Å². The Balaban J connectivity index is 6.39. The molecule has 0 radical (unpaired) electrons. The lowest BCUT2D eigenvalue weighted by Gasteiger charge is -2.46. The summed E-state index contributed by atoms with van der Waals surface area (Å²) in [5.74, 6) is -0.371. The van der Waals surface area contributed by atoms with Crippen LogP contribution in [-0.4, -0.2) is 70.6 Å². The van der Waals surface area contributed by atoms with Gasteiger partial charge in [-0.15, -0.1) is 0 Å². The Labute approximate surface area is 251 Å². The molecule has 0 aliphatic rings. The zero-order chi connectivity index (χ0) is 31.0. The fourth-order valence-electron chi connectivity index (χ4n) is 4.18. The molecule has 0 spiro atoms. The van der Waals surface area contributed by atoms with Gasteiger partial charge in [-0.3, -0.25) is 0 Å². The van der Waals surface area contributed by atoms with Crippen molar-refractivity contribution in [3.8, 4) is 0 Å². The van der Waals surface area contributed by atoms with Crippen molar-refractivity contribution in [1.82, 2.24) is 0 Å². The summed E-state index contributed by atoms with van der Waals surface area (Å²) in [5, 5.41) is 0. The van der Waals surface area contributed by atoms with Crippen LogP contribution >= 0.6 is 0 Å². The van der Waals surface area contributed by atoms with Crippen LogP contribution in [0.5, 0.6) is 0 Å². The van der Waals surface area contributed by atoms with E-state index in [0.717, 1.165) is 18.1 Å². The van der Waals surface area contributed by atoms with E-state index in [4.69, 9.17) is 17.1 Å². The molecular formula is C27H66O5Si7. The summed E-state index contributed by atoms with van der Waals surface area (Å²) in [7, 11) is -12.9. The Hall–Kier alpha value is 0.608. The maximum atomic E-state index is 11.8. The van der Waals surface area contributed by atoms with Crippen molar-refractivity contribution in [1.29, 1.82) is 0 Å². The number of carbonyl (C=O) groups excluding carboxylic acids is 1. The molecule has 0 unspecified atom stereocenters. The smallest absolute Gasteiger partial charge is 0.463 e. The Morgan fingerprint density at radius 3 is 1.10 bits per heavy atom. The number of esters is 1. The van der Waals surface area contributed by atoms with Crippen LogP contribution in [0.25, 0.3) is 0 Å². The molecule has 0 aromatic rings. The van der Waals surface area contributed by atoms with Crippen molar-refractivity contribution in [3.05, 3.63) is 12.7 Å². The molecule has 232 valence electrons. The normalized spacial score (nSPS) is 14.4. The van der Waals surface area contributed by atoms with Gasteiger partial charge in [-0.1, -0.05) is 83.6 Å². The zero-order valence-electron chi connectivity index (χ0n) is 28.7. The molecular weight excluding hydrogens is 601 g/mol. The van der Waals surface area contributed by atoms with Crippen LogP contribution in [0.4, 0.5) is 0 Å². The minimum absolute atomic E-state index is 0.348. The molecule has 0 N–H and O–H groups in total. The van der Waals surface area contributed by atoms with Gasteiger partial charge in [-0.25, -0.2) is 4.79 Å². The third-order valence-electron chi connectivity index (χ3n) is 6.76. The highest BCUT2D eigenvalue weighted by molar-refractivity contribution is 6.92. The lowest BCUT2D eigenvalue weighted by molar-refractivity contribution is -0.137. The summed E-state index contributed by atoms with van der Waals surface area (Å²) >= 11 is 0. The molecule has 39 heavy (non-hydrogen) atoms. The van der Waals surface area contributed by atoms with Crippen LogP contribution in [0.15, 0.2) is 12.7 Å². The minimum atomic E-state index is -3.06. The first-order valence-corrected chi connectivity index (χ1v) is 37.5. The summed E-state index contributed by atoms with van der Waals surface area (Å²) in [5.41, 5.74) is 0. The van der Waals surface area contributed by atoms with E-state index in [9.17, 15) is 4.79 Å². The Kier molecular flexibility index (Phi) is 15.6. The molecule has 0 aromatic carbocycles. The monoisotopic (exact) mass is 666 g/mol. The number of ether oxygens (including phenoxy) is 1. The first kappa shape index (κ1) is 39.6. The van der Waals surface area contributed by atoms with Crippen LogP contribution < -0.4 is 0 Å². The molecule has 0 aliphatic carbocycles. The van der Waals surface area contributed by atoms with Gasteiger partial charge in [0.25, 0.3) is 0 Å². The fourth-order valence-corrected chi connectivity index (χ4v) is 35.2. The van der Waals surface area contributed by atoms with Crippen molar-refractivity contribution < 1.29 is 21.9 Å². The summed E-state index contributed by atoms with van der Waals surface area (Å²) < 4.78 is 27.5. The van der Waals surface area contributed by atoms with E-state index < -0.39 is 58.0 Å². The number of carbonyl (C=O) groups is 1. The molecule has 0 amide bonds. The molecule has 0 saturated heterocycles. The number of hydrogen-bond donors (Lipinski definition) is 0. The maximum Gasteiger partial charge on any atom is 0.469 e. The van der Waals surface area contributed by atoms with Crippen molar-refractivity contribution in [2.24, 2.45) is 0 Å². The molecule has 5 nitrogen and oxygen atoms in total. The molecule has 0 atom stereocenters. The topological polar surface area (TPSA) is 54.0 Å². The van der Waals surface area contributed by atoms with Gasteiger partial charge in [0.15, 0.2) is 25.0 Å². The van der Waals surface area contributed by atoms with Crippen molar-refractivity contribution >= 4 is 63.9 Å². The van der Waals surface area contributed by atoms with Gasteiger partial charge in [0.05, 0.1) is 6.61 Å². The molecule has 0 aliphatic heterocycles. The molecule has 12 heteroatoms. The number of hydrogen-bond acceptors (Lipinski definition) is 5. The lowest BCUT2D eigenvalue weighted by atomic mass is 10.5. The van der Waals surface area contributed by atoms with E-state index in [1.54, 1.807) is 0 Å². The summed E-state index contributed by atoms with van der Waals surface area (Å²) in [6.45, 7) is 40.1. The first-order chi connectivity index (χ1) is 17.2. The van der Waals surface area contributed by atoms with Crippen LogP contribution in [0.2, 0.25) is 141 Å². The zero-order valence-corrected chi connectivity index (χ0v) is 35.7. The van der Waals surface area contributed by atoms with Gasteiger partial charge >= 0.3 is 14.8 Å². The van der Waals surface area contributed by atoms with Gasteiger partial charge in [0, 0.05) is 36.3 Å². The van der Waals surface area contributed by atoms with Gasteiger partial charge < -0.3 is 17.1 Å². The molecule has 0 saturated carbocycles. The third-order valence-corrected chi connectivity index (χ3v) is 29.2. The van der Waals surface area contributed by atoms with Crippen molar-refractivity contribution in [2.45, 2.75) is 147 Å². The predicted octanol–water partition coefficient (Wildman–Crippen LogP) is 9.72. The molecule has 0 aromatic heterocycles. The van der Waals surface area contributed by atoms with Gasteiger partial charge in [0.2, 0.25) is 0 Å². The highest BCUT2D eigenvalue weighted by atomic mass is 28.5. The van der Waals surface area contributed by atoms with Crippen LogP contribution in [0.1, 0.15) is 6.42 Å². The first-order valence-electron chi connectivity index (χ1n) is 15.1. The van der Waals surface area contributed by atoms with E-state index in [1.165, 1.54) is 24.2 Å². The Morgan fingerprint density at radius 1 is 0.538 bits per heavy atom. The second-order valence-corrected chi connectivity index (χ2v) is 50.2. The van der Waals surface area contributed by atoms with Gasteiger partial charge in [-0.2, -0.15) is 0 Å². The molecule has 0 heterocycles. The van der Waals surface area contributed by atoms with E-state index in [1.807, 2.05) is 0 Å². The van der Waals surface area contributed by atoms with Crippen LogP contribution in [0, 0.1) is 0 Å². The highest BCUT2D eigenvalue weighted by Crippen LogP contribution is 2.36. The highest BCUT2D eigenvalue weighted by Gasteiger charge is 2.52.